The predicted octanol–water partition coefficient (Wildman–Crippen LogP) is 6.02. The Morgan fingerprint density at radius 1 is 0.788 bits per heavy atom. The molecule has 0 radical (unpaired) electrons. The van der Waals surface area contributed by atoms with Gasteiger partial charge in [0.2, 0.25) is 17.8 Å². The average molecular weight is 663 g/mol. The van der Waals surface area contributed by atoms with Crippen molar-refractivity contribution in [3.05, 3.63) is 85.5 Å². The molecular weight excluding hydrogens is 644 g/mol. The molecule has 166 valence electrons. The van der Waals surface area contributed by atoms with Crippen molar-refractivity contribution in [3.8, 4) is 5.75 Å². The van der Waals surface area contributed by atoms with Crippen LogP contribution in [0.4, 0.5) is 29.2 Å². The minimum absolute atomic E-state index is 0.289. The van der Waals surface area contributed by atoms with E-state index >= 15 is 0 Å². The molecule has 10 heteroatoms. The summed E-state index contributed by atoms with van der Waals surface area (Å²) in [7, 11) is 1.64. The number of nitrogens with one attached hydrogen (secondary N) is 3. The predicted molar refractivity (Wildman–Crippen MR) is 149 cm³/mol. The number of rotatable bonds is 8. The third-order valence-electron chi connectivity index (χ3n) is 4.30. The maximum atomic E-state index is 5.51. The summed E-state index contributed by atoms with van der Waals surface area (Å²) in [4.78, 5) is 13.4. The number of hydrogen-bond acceptors (Lipinski definition) is 8. The molecule has 0 spiro atoms. The number of methoxy groups -OCH3 is 1. The van der Waals surface area contributed by atoms with Crippen LogP contribution in [0, 0.1) is 7.14 Å². The number of halogens is 2. The molecule has 1 aromatic heterocycles. The molecule has 0 saturated heterocycles. The van der Waals surface area contributed by atoms with Gasteiger partial charge in [0, 0.05) is 20.5 Å². The van der Waals surface area contributed by atoms with Crippen LogP contribution in [0.1, 0.15) is 5.56 Å². The smallest absolute Gasteiger partial charge is 0.250 e. The highest BCUT2D eigenvalue weighted by atomic mass is 127. The zero-order valence-corrected chi connectivity index (χ0v) is 21.8. The Balaban J connectivity index is 1.60. The Hall–Kier alpha value is -3.00. The average Bonchev–Trinajstić information content (AvgIpc) is 2.80. The molecule has 3 N–H and O–H groups in total. The van der Waals surface area contributed by atoms with Gasteiger partial charge in [0.1, 0.15) is 5.75 Å². The lowest BCUT2D eigenvalue weighted by atomic mass is 10.2. The van der Waals surface area contributed by atoms with E-state index in [9.17, 15) is 0 Å². The fraction of sp³-hybridized carbons (Fsp3) is 0.0435. The van der Waals surface area contributed by atoms with Gasteiger partial charge >= 0.3 is 0 Å². The molecule has 0 aliphatic rings. The minimum atomic E-state index is 0.289. The number of benzene rings is 3. The maximum absolute atomic E-state index is 5.51. The molecule has 0 saturated carbocycles. The summed E-state index contributed by atoms with van der Waals surface area (Å²) in [6, 6.07) is 23.4. The fourth-order valence-corrected chi connectivity index (χ4v) is 5.00. The summed E-state index contributed by atoms with van der Waals surface area (Å²) in [6.07, 6.45) is 1.68. The van der Waals surface area contributed by atoms with Crippen LogP contribution < -0.4 is 20.8 Å². The lowest BCUT2D eigenvalue weighted by molar-refractivity contribution is 0.411. The van der Waals surface area contributed by atoms with Gasteiger partial charge in [0.15, 0.2) is 0 Å². The standard InChI is InChI=1S/C23H19I2N7O/c1-33-20-15(12-16(24)13-19(20)25)14-26-32-23-30-21(27-17-8-4-2-5-9-17)29-22(31-23)28-18-10-6-3-7-11-18/h2-14H,1H3,(H3,27,28,29,30,31,32)/b26-14-. The van der Waals surface area contributed by atoms with E-state index in [1.54, 1.807) is 13.3 Å². The van der Waals surface area contributed by atoms with Crippen LogP contribution in [0.2, 0.25) is 0 Å². The van der Waals surface area contributed by atoms with Crippen LogP contribution in [0.15, 0.2) is 77.9 Å². The number of hydrazone groups is 1. The number of nitrogens with zero attached hydrogens (tertiary/aromatic N) is 4. The van der Waals surface area contributed by atoms with Crippen LogP contribution in [0.25, 0.3) is 0 Å². The van der Waals surface area contributed by atoms with E-state index < -0.39 is 0 Å². The van der Waals surface area contributed by atoms with Crippen LogP contribution in [-0.2, 0) is 0 Å². The molecule has 3 aromatic carbocycles. The fourth-order valence-electron chi connectivity index (χ4n) is 2.89. The first-order valence-corrected chi connectivity index (χ1v) is 12.0. The van der Waals surface area contributed by atoms with Crippen molar-refractivity contribution in [2.24, 2.45) is 5.10 Å². The Kier molecular flexibility index (Phi) is 7.88. The highest BCUT2D eigenvalue weighted by Gasteiger charge is 2.09. The van der Waals surface area contributed by atoms with Crippen molar-refractivity contribution in [2.75, 3.05) is 23.2 Å². The van der Waals surface area contributed by atoms with Crippen molar-refractivity contribution in [2.45, 2.75) is 0 Å². The quantitative estimate of drug-likeness (QED) is 0.121. The molecule has 0 atom stereocenters. The molecule has 0 unspecified atom stereocenters. The first-order chi connectivity index (χ1) is 16.1. The third-order valence-corrected chi connectivity index (χ3v) is 5.73. The van der Waals surface area contributed by atoms with Crippen LogP contribution in [-0.4, -0.2) is 28.3 Å². The summed E-state index contributed by atoms with van der Waals surface area (Å²) in [5, 5.41) is 10.7. The molecule has 0 bridgehead atoms. The summed E-state index contributed by atoms with van der Waals surface area (Å²) in [6.45, 7) is 0. The van der Waals surface area contributed by atoms with Gasteiger partial charge in [-0.25, -0.2) is 5.43 Å². The van der Waals surface area contributed by atoms with Gasteiger partial charge < -0.3 is 15.4 Å². The first-order valence-electron chi connectivity index (χ1n) is 9.83. The van der Waals surface area contributed by atoms with E-state index in [0.29, 0.717) is 11.9 Å². The largest absolute Gasteiger partial charge is 0.495 e. The summed E-state index contributed by atoms with van der Waals surface area (Å²) >= 11 is 4.51. The van der Waals surface area contributed by atoms with Gasteiger partial charge in [0.05, 0.1) is 16.9 Å². The molecule has 0 amide bonds. The Labute approximate surface area is 218 Å². The topological polar surface area (TPSA) is 96.4 Å². The van der Waals surface area contributed by atoms with E-state index in [4.69, 9.17) is 4.74 Å². The summed E-state index contributed by atoms with van der Waals surface area (Å²) in [5.41, 5.74) is 5.48. The van der Waals surface area contributed by atoms with Crippen LogP contribution in [0.5, 0.6) is 5.75 Å². The second-order valence-corrected chi connectivity index (χ2v) is 9.08. The number of ether oxygens (including phenoxy) is 1. The molecular formula is C23H19I2N7O. The summed E-state index contributed by atoms with van der Waals surface area (Å²) < 4.78 is 7.61. The Bertz CT molecular complexity index is 1190. The lowest BCUT2D eigenvalue weighted by Crippen LogP contribution is -2.07. The van der Waals surface area contributed by atoms with Gasteiger partial charge in [-0.2, -0.15) is 20.1 Å². The number of para-hydroxylation sites is 2. The normalized spacial score (nSPS) is 10.8. The van der Waals surface area contributed by atoms with E-state index in [2.05, 4.69) is 81.3 Å². The maximum Gasteiger partial charge on any atom is 0.250 e. The van der Waals surface area contributed by atoms with Crippen LogP contribution >= 0.6 is 45.2 Å². The van der Waals surface area contributed by atoms with E-state index in [1.807, 2.05) is 72.8 Å². The van der Waals surface area contributed by atoms with Crippen molar-refractivity contribution in [1.29, 1.82) is 0 Å². The second-order valence-electron chi connectivity index (χ2n) is 6.67. The molecule has 1 heterocycles. The van der Waals surface area contributed by atoms with Crippen molar-refractivity contribution >= 4 is 80.6 Å². The van der Waals surface area contributed by atoms with Crippen molar-refractivity contribution in [3.63, 3.8) is 0 Å². The van der Waals surface area contributed by atoms with Crippen molar-refractivity contribution < 1.29 is 4.74 Å². The highest BCUT2D eigenvalue weighted by molar-refractivity contribution is 14.1. The Morgan fingerprint density at radius 2 is 1.33 bits per heavy atom. The van der Waals surface area contributed by atoms with Gasteiger partial charge in [-0.15, -0.1) is 0 Å². The highest BCUT2D eigenvalue weighted by Crippen LogP contribution is 2.27. The van der Waals surface area contributed by atoms with E-state index in [0.717, 1.165) is 29.8 Å². The van der Waals surface area contributed by atoms with Gasteiger partial charge in [-0.05, 0) is 81.6 Å². The minimum Gasteiger partial charge on any atom is -0.495 e. The number of hydrogen-bond donors (Lipinski definition) is 3. The van der Waals surface area contributed by atoms with E-state index in [1.165, 1.54) is 0 Å². The molecule has 0 fully saturated rings. The second kappa shape index (κ2) is 11.2. The Morgan fingerprint density at radius 3 is 1.88 bits per heavy atom. The van der Waals surface area contributed by atoms with Gasteiger partial charge in [-0.3, -0.25) is 0 Å². The van der Waals surface area contributed by atoms with Crippen molar-refractivity contribution in [1.82, 2.24) is 15.0 Å². The zero-order valence-electron chi connectivity index (χ0n) is 17.5. The monoisotopic (exact) mass is 663 g/mol. The zero-order chi connectivity index (χ0) is 23.0. The van der Waals surface area contributed by atoms with Crippen LogP contribution in [0.3, 0.4) is 0 Å². The molecule has 4 aromatic rings. The van der Waals surface area contributed by atoms with Gasteiger partial charge in [0.25, 0.3) is 0 Å². The molecule has 4 rings (SSSR count). The lowest BCUT2D eigenvalue weighted by Gasteiger charge is -2.10. The third kappa shape index (κ3) is 6.51. The SMILES string of the molecule is COc1c(I)cc(I)cc1/C=N\Nc1nc(Nc2ccccc2)nc(Nc2ccccc2)n1. The molecule has 0 aliphatic carbocycles. The molecule has 0 aliphatic heterocycles. The summed E-state index contributed by atoms with van der Waals surface area (Å²) in [5.74, 6) is 1.81. The molecule has 33 heavy (non-hydrogen) atoms. The molecule has 8 nitrogen and oxygen atoms in total. The van der Waals surface area contributed by atoms with Gasteiger partial charge in [-0.1, -0.05) is 36.4 Å². The van der Waals surface area contributed by atoms with E-state index in [-0.39, 0.29) is 5.95 Å². The first kappa shape index (κ1) is 23.2. The number of aromatic nitrogens is 3. The number of anilines is 5.